The van der Waals surface area contributed by atoms with E-state index in [0.29, 0.717) is 24.3 Å². The molecule has 3 heterocycles. The van der Waals surface area contributed by atoms with Crippen molar-refractivity contribution in [2.45, 2.75) is 51.0 Å². The van der Waals surface area contributed by atoms with E-state index < -0.39 is 10.0 Å². The summed E-state index contributed by atoms with van der Waals surface area (Å²) in [7, 11) is -3.58. The van der Waals surface area contributed by atoms with Gasteiger partial charge in [-0.15, -0.1) is 0 Å². The summed E-state index contributed by atoms with van der Waals surface area (Å²) in [6.45, 7) is 6.94. The van der Waals surface area contributed by atoms with Gasteiger partial charge >= 0.3 is 0 Å². The van der Waals surface area contributed by atoms with Crippen LogP contribution in [0.25, 0.3) is 11.0 Å². The van der Waals surface area contributed by atoms with Gasteiger partial charge in [0.05, 0.1) is 16.7 Å². The Bertz CT molecular complexity index is 1230. The fourth-order valence-corrected chi connectivity index (χ4v) is 5.33. The van der Waals surface area contributed by atoms with Crippen molar-refractivity contribution in [3.8, 4) is 0 Å². The fraction of sp³-hybridized carbons (Fsp3) is 0.409. The molecule has 1 N–H and O–H groups in total. The van der Waals surface area contributed by atoms with E-state index in [9.17, 15) is 13.2 Å². The topological polar surface area (TPSA) is 97.2 Å². The first-order chi connectivity index (χ1) is 14.8. The highest BCUT2D eigenvalue weighted by atomic mass is 32.2. The normalized spacial score (nSPS) is 15.5. The monoisotopic (exact) mass is 441 g/mol. The Balaban J connectivity index is 1.59. The Hall–Kier alpha value is -2.78. The Morgan fingerprint density at radius 3 is 2.55 bits per heavy atom. The number of nitrogens with one attached hydrogen (secondary N) is 1. The van der Waals surface area contributed by atoms with Crippen molar-refractivity contribution >= 4 is 32.7 Å². The van der Waals surface area contributed by atoms with E-state index in [2.05, 4.69) is 15.4 Å². The molecule has 1 aliphatic rings. The summed E-state index contributed by atoms with van der Waals surface area (Å²) >= 11 is 0. The molecule has 4 rings (SSSR count). The maximum atomic E-state index is 13.0. The summed E-state index contributed by atoms with van der Waals surface area (Å²) < 4.78 is 29.3. The van der Waals surface area contributed by atoms with Crippen LogP contribution < -0.4 is 5.32 Å². The Morgan fingerprint density at radius 2 is 1.84 bits per heavy atom. The van der Waals surface area contributed by atoms with Gasteiger partial charge < -0.3 is 5.32 Å². The van der Waals surface area contributed by atoms with Crippen LogP contribution in [0.5, 0.6) is 0 Å². The minimum atomic E-state index is -3.58. The summed E-state index contributed by atoms with van der Waals surface area (Å²) in [5.74, 6) is -0.345. The van der Waals surface area contributed by atoms with Gasteiger partial charge in [0.25, 0.3) is 5.91 Å². The molecule has 1 amide bonds. The van der Waals surface area contributed by atoms with Crippen LogP contribution in [0.2, 0.25) is 0 Å². The molecular weight excluding hydrogens is 414 g/mol. The average Bonchev–Trinajstić information content (AvgIpc) is 3.19. The number of fused-ring (bicyclic) bond motifs is 1. The second-order valence-corrected chi connectivity index (χ2v) is 10.2. The summed E-state index contributed by atoms with van der Waals surface area (Å²) in [5, 5.41) is 7.95. The molecule has 0 radical (unpaired) electrons. The van der Waals surface area contributed by atoms with Gasteiger partial charge in [-0.3, -0.25) is 4.79 Å². The molecule has 1 aromatic carbocycles. The van der Waals surface area contributed by atoms with Gasteiger partial charge in [0, 0.05) is 36.4 Å². The van der Waals surface area contributed by atoms with E-state index >= 15 is 0 Å². The highest BCUT2D eigenvalue weighted by Crippen LogP contribution is 2.26. The van der Waals surface area contributed by atoms with Gasteiger partial charge in [-0.1, -0.05) is 12.5 Å². The largest absolute Gasteiger partial charge is 0.322 e. The second kappa shape index (κ2) is 8.39. The van der Waals surface area contributed by atoms with Gasteiger partial charge in [0.2, 0.25) is 10.0 Å². The predicted molar refractivity (Wildman–Crippen MR) is 120 cm³/mol. The Kier molecular flexibility index (Phi) is 5.81. The van der Waals surface area contributed by atoms with E-state index in [0.717, 1.165) is 35.9 Å². The van der Waals surface area contributed by atoms with Crippen LogP contribution >= 0.6 is 0 Å². The van der Waals surface area contributed by atoms with Gasteiger partial charge in [-0.05, 0) is 57.4 Å². The number of benzene rings is 1. The SMILES string of the molecule is Cc1ccc(S(=O)(=O)N2CCCCC2)cc1NC(=O)c1cnc2c(cnn2C(C)C)c1. The number of aryl methyl sites for hydroxylation is 1. The van der Waals surface area contributed by atoms with Crippen molar-refractivity contribution in [2.75, 3.05) is 18.4 Å². The number of hydrogen-bond acceptors (Lipinski definition) is 5. The third-order valence-electron chi connectivity index (χ3n) is 5.59. The van der Waals surface area contributed by atoms with Crippen molar-refractivity contribution in [1.82, 2.24) is 19.1 Å². The fourth-order valence-electron chi connectivity index (χ4n) is 3.79. The number of rotatable bonds is 5. The van der Waals surface area contributed by atoms with Crippen LogP contribution in [0.15, 0.2) is 41.6 Å². The molecule has 0 saturated carbocycles. The zero-order valence-electron chi connectivity index (χ0n) is 18.0. The third kappa shape index (κ3) is 4.20. The van der Waals surface area contributed by atoms with Crippen LogP contribution in [-0.4, -0.2) is 46.5 Å². The smallest absolute Gasteiger partial charge is 0.257 e. The van der Waals surface area contributed by atoms with Crippen LogP contribution in [0.1, 0.15) is 55.1 Å². The van der Waals surface area contributed by atoms with Gasteiger partial charge in [-0.25, -0.2) is 18.1 Å². The molecule has 31 heavy (non-hydrogen) atoms. The summed E-state index contributed by atoms with van der Waals surface area (Å²) in [5.41, 5.74) is 2.37. The molecule has 0 spiro atoms. The number of carbonyl (C=O) groups excluding carboxylic acids is 1. The lowest BCUT2D eigenvalue weighted by Crippen LogP contribution is -2.35. The zero-order valence-corrected chi connectivity index (χ0v) is 18.8. The summed E-state index contributed by atoms with van der Waals surface area (Å²) in [4.78, 5) is 17.5. The van der Waals surface area contributed by atoms with Crippen LogP contribution in [0.3, 0.4) is 0 Å². The number of anilines is 1. The van der Waals surface area contributed by atoms with Crippen LogP contribution in [0.4, 0.5) is 5.69 Å². The number of carbonyl (C=O) groups is 1. The van der Waals surface area contributed by atoms with Gasteiger partial charge in [0.1, 0.15) is 0 Å². The number of amides is 1. The number of aromatic nitrogens is 3. The molecule has 1 aliphatic heterocycles. The lowest BCUT2D eigenvalue weighted by atomic mass is 10.1. The van der Waals surface area contributed by atoms with Crippen molar-refractivity contribution in [1.29, 1.82) is 0 Å². The van der Waals surface area contributed by atoms with E-state index in [1.54, 1.807) is 35.1 Å². The maximum absolute atomic E-state index is 13.0. The highest BCUT2D eigenvalue weighted by molar-refractivity contribution is 7.89. The van der Waals surface area contributed by atoms with Gasteiger partial charge in [0.15, 0.2) is 5.65 Å². The first-order valence-electron chi connectivity index (χ1n) is 10.5. The number of pyridine rings is 1. The summed E-state index contributed by atoms with van der Waals surface area (Å²) in [6, 6.07) is 6.77. The van der Waals surface area contributed by atoms with E-state index in [1.165, 1.54) is 10.5 Å². The van der Waals surface area contributed by atoms with Crippen molar-refractivity contribution in [3.63, 3.8) is 0 Å². The highest BCUT2D eigenvalue weighted by Gasteiger charge is 2.26. The number of sulfonamides is 1. The van der Waals surface area contributed by atoms with Crippen molar-refractivity contribution in [3.05, 3.63) is 47.8 Å². The quantitative estimate of drug-likeness (QED) is 0.650. The predicted octanol–water partition coefficient (Wildman–Crippen LogP) is 3.75. The first kappa shape index (κ1) is 21.5. The van der Waals surface area contributed by atoms with E-state index in [4.69, 9.17) is 0 Å². The molecule has 0 bridgehead atoms. The zero-order chi connectivity index (χ0) is 22.2. The molecule has 2 aromatic heterocycles. The molecule has 1 fully saturated rings. The Labute approximate surface area is 182 Å². The lowest BCUT2D eigenvalue weighted by Gasteiger charge is -2.26. The maximum Gasteiger partial charge on any atom is 0.257 e. The Morgan fingerprint density at radius 1 is 1.10 bits per heavy atom. The molecule has 164 valence electrons. The second-order valence-electron chi connectivity index (χ2n) is 8.22. The molecular formula is C22H27N5O3S. The van der Waals surface area contributed by atoms with Crippen molar-refractivity contribution < 1.29 is 13.2 Å². The summed E-state index contributed by atoms with van der Waals surface area (Å²) in [6.07, 6.45) is 6.00. The molecule has 8 nitrogen and oxygen atoms in total. The molecule has 3 aromatic rings. The van der Waals surface area contributed by atoms with Crippen LogP contribution in [-0.2, 0) is 10.0 Å². The lowest BCUT2D eigenvalue weighted by molar-refractivity contribution is 0.102. The molecule has 1 saturated heterocycles. The molecule has 0 atom stereocenters. The van der Waals surface area contributed by atoms with Crippen LogP contribution in [0, 0.1) is 6.92 Å². The van der Waals surface area contributed by atoms with E-state index in [1.807, 2.05) is 20.8 Å². The standard InChI is InChI=1S/C22H27N5O3S/c1-15(2)27-21-17(14-24-27)11-18(13-23-21)22(28)25-20-12-19(8-7-16(20)3)31(29,30)26-9-5-4-6-10-26/h7-8,11-15H,4-6,9-10H2,1-3H3,(H,25,28). The minimum Gasteiger partial charge on any atom is -0.322 e. The first-order valence-corrected chi connectivity index (χ1v) is 12.0. The number of hydrogen-bond donors (Lipinski definition) is 1. The van der Waals surface area contributed by atoms with E-state index in [-0.39, 0.29) is 16.8 Å². The molecule has 9 heteroatoms. The minimum absolute atomic E-state index is 0.164. The molecule has 0 unspecified atom stereocenters. The molecule has 0 aliphatic carbocycles. The van der Waals surface area contributed by atoms with Gasteiger partial charge in [-0.2, -0.15) is 9.40 Å². The third-order valence-corrected chi connectivity index (χ3v) is 7.49. The number of piperidine rings is 1. The van der Waals surface area contributed by atoms with Crippen molar-refractivity contribution in [2.24, 2.45) is 0 Å². The average molecular weight is 442 g/mol. The number of nitrogens with zero attached hydrogens (tertiary/aromatic N) is 4.